The van der Waals surface area contributed by atoms with Crippen molar-refractivity contribution < 1.29 is 5.11 Å². The van der Waals surface area contributed by atoms with Gasteiger partial charge in [-0.2, -0.15) is 0 Å². The molecule has 1 atom stereocenters. The van der Waals surface area contributed by atoms with Gasteiger partial charge >= 0.3 is 0 Å². The molecule has 0 aliphatic heterocycles. The average molecular weight is 204 g/mol. The largest absolute Gasteiger partial charge is 0.388 e. The summed E-state index contributed by atoms with van der Waals surface area (Å²) in [5.74, 6) is 0.690. The summed E-state index contributed by atoms with van der Waals surface area (Å²) in [7, 11) is 0. The fourth-order valence-corrected chi connectivity index (χ4v) is 1.40. The van der Waals surface area contributed by atoms with E-state index in [2.05, 4.69) is 26.0 Å². The molecule has 0 saturated heterocycles. The number of aliphatic hydroxyl groups excluding tert-OH is 1. The maximum absolute atomic E-state index is 9.83. The molecular formula is C14H20O. The molecule has 0 spiro atoms. The van der Waals surface area contributed by atoms with E-state index in [-0.39, 0.29) is 6.10 Å². The number of rotatable bonds is 5. The van der Waals surface area contributed by atoms with Crippen LogP contribution in [0.15, 0.2) is 42.5 Å². The molecule has 0 heterocycles. The zero-order chi connectivity index (χ0) is 11.1. The summed E-state index contributed by atoms with van der Waals surface area (Å²) in [5, 5.41) is 9.83. The van der Waals surface area contributed by atoms with E-state index in [1.807, 2.05) is 30.3 Å². The van der Waals surface area contributed by atoms with Crippen molar-refractivity contribution in [3.63, 3.8) is 0 Å². The molecule has 0 saturated carbocycles. The van der Waals surface area contributed by atoms with Gasteiger partial charge in [0.05, 0.1) is 6.10 Å². The fraction of sp³-hybridized carbons (Fsp3) is 0.429. The van der Waals surface area contributed by atoms with Gasteiger partial charge < -0.3 is 5.11 Å². The van der Waals surface area contributed by atoms with E-state index in [0.29, 0.717) is 12.3 Å². The predicted octanol–water partition coefficient (Wildman–Crippen LogP) is 3.71. The summed E-state index contributed by atoms with van der Waals surface area (Å²) in [6, 6.07) is 9.79. The first-order chi connectivity index (χ1) is 7.20. The Kier molecular flexibility index (Phi) is 5.13. The van der Waals surface area contributed by atoms with Crippen LogP contribution in [-0.2, 0) is 0 Å². The second kappa shape index (κ2) is 6.41. The monoisotopic (exact) mass is 204 g/mol. The molecular weight excluding hydrogens is 184 g/mol. The first-order valence-corrected chi connectivity index (χ1v) is 5.58. The van der Waals surface area contributed by atoms with E-state index >= 15 is 0 Å². The third kappa shape index (κ3) is 4.80. The van der Waals surface area contributed by atoms with Gasteiger partial charge in [0.1, 0.15) is 0 Å². The Morgan fingerprint density at radius 3 is 2.27 bits per heavy atom. The minimum atomic E-state index is -0.366. The SMILES string of the molecule is CC(C)C/C=C/CC(O)c1ccccc1. The minimum absolute atomic E-state index is 0.366. The molecule has 0 aliphatic carbocycles. The van der Waals surface area contributed by atoms with Crippen LogP contribution in [0.1, 0.15) is 38.4 Å². The van der Waals surface area contributed by atoms with Gasteiger partial charge in [0.2, 0.25) is 0 Å². The number of benzene rings is 1. The van der Waals surface area contributed by atoms with Crippen LogP contribution in [0.3, 0.4) is 0 Å². The summed E-state index contributed by atoms with van der Waals surface area (Å²) in [4.78, 5) is 0. The molecule has 82 valence electrons. The zero-order valence-corrected chi connectivity index (χ0v) is 9.56. The predicted molar refractivity (Wildman–Crippen MR) is 64.6 cm³/mol. The Hall–Kier alpha value is -1.08. The molecule has 1 heteroatoms. The lowest BCUT2D eigenvalue weighted by Gasteiger charge is -2.07. The number of hydrogen-bond acceptors (Lipinski definition) is 1. The highest BCUT2D eigenvalue weighted by Crippen LogP contribution is 2.16. The van der Waals surface area contributed by atoms with Crippen molar-refractivity contribution in [2.75, 3.05) is 0 Å². The van der Waals surface area contributed by atoms with Gasteiger partial charge in [0.25, 0.3) is 0 Å². The van der Waals surface area contributed by atoms with Crippen molar-refractivity contribution >= 4 is 0 Å². The highest BCUT2D eigenvalue weighted by Gasteiger charge is 2.03. The van der Waals surface area contributed by atoms with Gasteiger partial charge in [-0.15, -0.1) is 0 Å². The summed E-state index contributed by atoms with van der Waals surface area (Å²) in [6.45, 7) is 4.38. The molecule has 1 N–H and O–H groups in total. The van der Waals surface area contributed by atoms with Crippen molar-refractivity contribution in [2.45, 2.75) is 32.8 Å². The van der Waals surface area contributed by atoms with E-state index < -0.39 is 0 Å². The summed E-state index contributed by atoms with van der Waals surface area (Å²) in [6.07, 6.45) is 5.64. The van der Waals surface area contributed by atoms with Gasteiger partial charge in [-0.25, -0.2) is 0 Å². The van der Waals surface area contributed by atoms with E-state index in [0.717, 1.165) is 12.0 Å². The average Bonchev–Trinajstić information content (AvgIpc) is 2.25. The summed E-state index contributed by atoms with van der Waals surface area (Å²) in [5.41, 5.74) is 0.992. The van der Waals surface area contributed by atoms with E-state index in [1.54, 1.807) is 0 Å². The van der Waals surface area contributed by atoms with Crippen LogP contribution in [0.5, 0.6) is 0 Å². The van der Waals surface area contributed by atoms with Gasteiger partial charge in [0, 0.05) is 0 Å². The Morgan fingerprint density at radius 2 is 1.67 bits per heavy atom. The van der Waals surface area contributed by atoms with Crippen LogP contribution >= 0.6 is 0 Å². The standard InChI is InChI=1S/C14H20O/c1-12(2)8-6-7-11-14(15)13-9-4-3-5-10-13/h3-7,9-10,12,14-15H,8,11H2,1-2H3/b7-6+. The van der Waals surface area contributed by atoms with Crippen molar-refractivity contribution in [2.24, 2.45) is 5.92 Å². The van der Waals surface area contributed by atoms with Crippen molar-refractivity contribution in [1.29, 1.82) is 0 Å². The van der Waals surface area contributed by atoms with Crippen molar-refractivity contribution in [3.8, 4) is 0 Å². The Balaban J connectivity index is 2.37. The molecule has 0 radical (unpaired) electrons. The lowest BCUT2D eigenvalue weighted by Crippen LogP contribution is -1.94. The van der Waals surface area contributed by atoms with E-state index in [1.165, 1.54) is 0 Å². The topological polar surface area (TPSA) is 20.2 Å². The number of hydrogen-bond donors (Lipinski definition) is 1. The summed E-state index contributed by atoms with van der Waals surface area (Å²) < 4.78 is 0. The molecule has 0 fully saturated rings. The van der Waals surface area contributed by atoms with E-state index in [9.17, 15) is 5.11 Å². The molecule has 1 aromatic rings. The smallest absolute Gasteiger partial charge is 0.0824 e. The summed E-state index contributed by atoms with van der Waals surface area (Å²) >= 11 is 0. The van der Waals surface area contributed by atoms with Crippen molar-refractivity contribution in [1.82, 2.24) is 0 Å². The molecule has 1 nitrogen and oxygen atoms in total. The molecule has 0 bridgehead atoms. The van der Waals surface area contributed by atoms with E-state index in [4.69, 9.17) is 0 Å². The zero-order valence-electron chi connectivity index (χ0n) is 9.56. The lowest BCUT2D eigenvalue weighted by atomic mass is 10.1. The van der Waals surface area contributed by atoms with Crippen LogP contribution in [0, 0.1) is 5.92 Å². The highest BCUT2D eigenvalue weighted by molar-refractivity contribution is 5.17. The minimum Gasteiger partial charge on any atom is -0.388 e. The molecule has 1 rings (SSSR count). The normalized spacial score (nSPS) is 13.6. The second-order valence-electron chi connectivity index (χ2n) is 4.26. The molecule has 1 aromatic carbocycles. The molecule has 0 aliphatic rings. The Morgan fingerprint density at radius 1 is 1.07 bits per heavy atom. The van der Waals surface area contributed by atoms with Crippen molar-refractivity contribution in [3.05, 3.63) is 48.0 Å². The van der Waals surface area contributed by atoms with Crippen LogP contribution in [0.4, 0.5) is 0 Å². The van der Waals surface area contributed by atoms with Crippen LogP contribution < -0.4 is 0 Å². The Bertz CT molecular complexity index is 287. The maximum atomic E-state index is 9.83. The number of aliphatic hydroxyl groups is 1. The molecule has 15 heavy (non-hydrogen) atoms. The van der Waals surface area contributed by atoms with Gasteiger partial charge in [-0.3, -0.25) is 0 Å². The quantitative estimate of drug-likeness (QED) is 0.725. The van der Waals surface area contributed by atoms with Gasteiger partial charge in [0.15, 0.2) is 0 Å². The Labute approximate surface area is 92.5 Å². The third-order valence-electron chi connectivity index (χ3n) is 2.32. The first kappa shape index (κ1) is 12.0. The first-order valence-electron chi connectivity index (χ1n) is 5.58. The number of allylic oxidation sites excluding steroid dienone is 1. The van der Waals surface area contributed by atoms with Crippen LogP contribution in [0.25, 0.3) is 0 Å². The van der Waals surface area contributed by atoms with Gasteiger partial charge in [-0.05, 0) is 24.3 Å². The van der Waals surface area contributed by atoms with Crippen LogP contribution in [-0.4, -0.2) is 5.11 Å². The highest BCUT2D eigenvalue weighted by atomic mass is 16.3. The molecule has 0 amide bonds. The maximum Gasteiger partial charge on any atom is 0.0824 e. The second-order valence-corrected chi connectivity index (χ2v) is 4.26. The third-order valence-corrected chi connectivity index (χ3v) is 2.32. The molecule has 1 unspecified atom stereocenters. The fourth-order valence-electron chi connectivity index (χ4n) is 1.40. The van der Waals surface area contributed by atoms with Crippen LogP contribution in [0.2, 0.25) is 0 Å². The van der Waals surface area contributed by atoms with Gasteiger partial charge in [-0.1, -0.05) is 56.3 Å². The lowest BCUT2D eigenvalue weighted by molar-refractivity contribution is 0.181. The molecule has 0 aromatic heterocycles.